The SMILES string of the molecule is CCn1c(SCC(=O)N(C)c2ccccc2)nnc1C(C)Oc1ccc(F)cc1. The number of aromatic nitrogens is 3. The summed E-state index contributed by atoms with van der Waals surface area (Å²) in [6, 6.07) is 15.3. The van der Waals surface area contributed by atoms with Crippen molar-refractivity contribution in [2.75, 3.05) is 17.7 Å². The Hall–Kier alpha value is -2.87. The lowest BCUT2D eigenvalue weighted by Crippen LogP contribution is -2.28. The lowest BCUT2D eigenvalue weighted by Gasteiger charge is -2.17. The molecule has 0 spiro atoms. The van der Waals surface area contributed by atoms with Gasteiger partial charge < -0.3 is 14.2 Å². The molecule has 3 rings (SSSR count). The minimum atomic E-state index is -0.370. The highest BCUT2D eigenvalue weighted by atomic mass is 32.2. The number of benzene rings is 2. The molecule has 0 saturated carbocycles. The van der Waals surface area contributed by atoms with Crippen molar-refractivity contribution in [1.82, 2.24) is 14.8 Å². The van der Waals surface area contributed by atoms with Crippen molar-refractivity contribution in [3.63, 3.8) is 0 Å². The van der Waals surface area contributed by atoms with Crippen LogP contribution in [0.3, 0.4) is 0 Å². The standard InChI is InChI=1S/C21H23FN4O2S/c1-4-26-20(15(2)28-18-12-10-16(22)11-13-18)23-24-21(26)29-14-19(27)25(3)17-8-6-5-7-9-17/h5-13,15H,4,14H2,1-3H3. The number of carbonyl (C=O) groups excluding carboxylic acids is 1. The quantitative estimate of drug-likeness (QED) is 0.514. The van der Waals surface area contributed by atoms with Crippen LogP contribution in [0.25, 0.3) is 0 Å². The Morgan fingerprint density at radius 3 is 2.52 bits per heavy atom. The second-order valence-electron chi connectivity index (χ2n) is 6.38. The van der Waals surface area contributed by atoms with Crippen molar-refractivity contribution in [2.24, 2.45) is 0 Å². The van der Waals surface area contributed by atoms with E-state index < -0.39 is 0 Å². The van der Waals surface area contributed by atoms with Crippen molar-refractivity contribution in [3.8, 4) is 5.75 Å². The Morgan fingerprint density at radius 1 is 1.17 bits per heavy atom. The van der Waals surface area contributed by atoms with E-state index in [1.807, 2.05) is 48.7 Å². The van der Waals surface area contributed by atoms with Gasteiger partial charge in [0, 0.05) is 19.3 Å². The van der Waals surface area contributed by atoms with E-state index in [-0.39, 0.29) is 23.6 Å². The number of nitrogens with zero attached hydrogens (tertiary/aromatic N) is 4. The molecular weight excluding hydrogens is 391 g/mol. The first-order valence-corrected chi connectivity index (χ1v) is 10.3. The van der Waals surface area contributed by atoms with E-state index >= 15 is 0 Å². The van der Waals surface area contributed by atoms with Gasteiger partial charge >= 0.3 is 0 Å². The number of rotatable bonds is 8. The molecule has 1 atom stereocenters. The zero-order chi connectivity index (χ0) is 20.8. The van der Waals surface area contributed by atoms with E-state index in [0.29, 0.717) is 23.3 Å². The zero-order valence-corrected chi connectivity index (χ0v) is 17.4. The van der Waals surface area contributed by atoms with Crippen molar-refractivity contribution in [3.05, 3.63) is 66.2 Å². The van der Waals surface area contributed by atoms with Crippen LogP contribution in [0.2, 0.25) is 0 Å². The van der Waals surface area contributed by atoms with Gasteiger partial charge in [-0.2, -0.15) is 0 Å². The Labute approximate surface area is 173 Å². The summed E-state index contributed by atoms with van der Waals surface area (Å²) in [5.41, 5.74) is 0.845. The molecule has 0 aliphatic rings. The third kappa shape index (κ3) is 5.14. The number of para-hydroxylation sites is 1. The summed E-state index contributed by atoms with van der Waals surface area (Å²) in [4.78, 5) is 14.1. The molecule has 1 aromatic heterocycles. The average molecular weight is 415 g/mol. The van der Waals surface area contributed by atoms with Crippen molar-refractivity contribution >= 4 is 23.4 Å². The maximum absolute atomic E-state index is 13.1. The maximum atomic E-state index is 13.1. The van der Waals surface area contributed by atoms with Crippen molar-refractivity contribution < 1.29 is 13.9 Å². The number of hydrogen-bond donors (Lipinski definition) is 0. The number of ether oxygens (including phenoxy) is 1. The van der Waals surface area contributed by atoms with Gasteiger partial charge in [-0.1, -0.05) is 30.0 Å². The number of halogens is 1. The summed E-state index contributed by atoms with van der Waals surface area (Å²) in [6.45, 7) is 4.49. The second-order valence-corrected chi connectivity index (χ2v) is 7.32. The normalized spacial score (nSPS) is 11.9. The summed E-state index contributed by atoms with van der Waals surface area (Å²) in [5, 5.41) is 9.14. The number of amides is 1. The average Bonchev–Trinajstić information content (AvgIpc) is 3.16. The Bertz CT molecular complexity index is 947. The van der Waals surface area contributed by atoms with Gasteiger partial charge in [0.2, 0.25) is 5.91 Å². The molecule has 0 aliphatic heterocycles. The summed E-state index contributed by atoms with van der Waals surface area (Å²) >= 11 is 1.34. The van der Waals surface area contributed by atoms with Crippen LogP contribution in [0.1, 0.15) is 25.8 Å². The molecule has 0 radical (unpaired) electrons. The molecule has 8 heteroatoms. The predicted molar refractivity (Wildman–Crippen MR) is 112 cm³/mol. The lowest BCUT2D eigenvalue weighted by molar-refractivity contribution is -0.115. The van der Waals surface area contributed by atoms with Gasteiger partial charge in [0.05, 0.1) is 5.75 Å². The molecule has 1 unspecified atom stereocenters. The summed E-state index contributed by atoms with van der Waals surface area (Å²) in [5.74, 6) is 1.12. The van der Waals surface area contributed by atoms with E-state index in [4.69, 9.17) is 4.74 Å². The van der Waals surface area contributed by atoms with Crippen LogP contribution in [0.15, 0.2) is 59.8 Å². The summed E-state index contributed by atoms with van der Waals surface area (Å²) in [7, 11) is 1.76. The molecular formula is C21H23FN4O2S. The molecule has 2 aromatic carbocycles. The second kappa shape index (κ2) is 9.56. The molecule has 0 N–H and O–H groups in total. The maximum Gasteiger partial charge on any atom is 0.237 e. The van der Waals surface area contributed by atoms with Crippen LogP contribution in [-0.2, 0) is 11.3 Å². The zero-order valence-electron chi connectivity index (χ0n) is 16.6. The minimum Gasteiger partial charge on any atom is -0.483 e. The Morgan fingerprint density at radius 2 is 1.86 bits per heavy atom. The van der Waals surface area contributed by atoms with Gasteiger partial charge in [-0.05, 0) is 50.2 Å². The molecule has 1 heterocycles. The third-order valence-electron chi connectivity index (χ3n) is 4.39. The number of hydrogen-bond acceptors (Lipinski definition) is 5. The summed E-state index contributed by atoms with van der Waals surface area (Å²) in [6.07, 6.45) is -0.370. The van der Waals surface area contributed by atoms with E-state index in [9.17, 15) is 9.18 Å². The van der Waals surface area contributed by atoms with Gasteiger partial charge in [-0.25, -0.2) is 4.39 Å². The topological polar surface area (TPSA) is 60.2 Å². The summed E-state index contributed by atoms with van der Waals surface area (Å²) < 4.78 is 20.9. The fourth-order valence-electron chi connectivity index (χ4n) is 2.79. The van der Waals surface area contributed by atoms with Crippen LogP contribution in [0, 0.1) is 5.82 Å². The van der Waals surface area contributed by atoms with Crippen molar-refractivity contribution in [1.29, 1.82) is 0 Å². The molecule has 6 nitrogen and oxygen atoms in total. The van der Waals surface area contributed by atoms with Gasteiger partial charge in [0.15, 0.2) is 17.1 Å². The van der Waals surface area contributed by atoms with E-state index in [1.165, 1.54) is 23.9 Å². The third-order valence-corrected chi connectivity index (χ3v) is 5.35. The molecule has 0 bridgehead atoms. The molecule has 1 amide bonds. The number of carbonyl (C=O) groups is 1. The first-order chi connectivity index (χ1) is 14.0. The van der Waals surface area contributed by atoms with Crippen molar-refractivity contribution in [2.45, 2.75) is 31.7 Å². The van der Waals surface area contributed by atoms with E-state index in [1.54, 1.807) is 24.1 Å². The van der Waals surface area contributed by atoms with Gasteiger partial charge in [-0.3, -0.25) is 4.79 Å². The largest absolute Gasteiger partial charge is 0.483 e. The Balaban J connectivity index is 1.65. The highest BCUT2D eigenvalue weighted by Crippen LogP contribution is 2.25. The first-order valence-electron chi connectivity index (χ1n) is 9.29. The van der Waals surface area contributed by atoms with Crippen LogP contribution in [0.4, 0.5) is 10.1 Å². The van der Waals surface area contributed by atoms with Crippen LogP contribution in [-0.4, -0.2) is 33.5 Å². The number of anilines is 1. The predicted octanol–water partition coefficient (Wildman–Crippen LogP) is 4.33. The number of thioether (sulfide) groups is 1. The van der Waals surface area contributed by atoms with Gasteiger partial charge in [0.25, 0.3) is 0 Å². The minimum absolute atomic E-state index is 0.0241. The fourth-order valence-corrected chi connectivity index (χ4v) is 3.72. The van der Waals surface area contributed by atoms with E-state index in [2.05, 4.69) is 10.2 Å². The molecule has 0 fully saturated rings. The molecule has 0 saturated heterocycles. The molecule has 152 valence electrons. The highest BCUT2D eigenvalue weighted by molar-refractivity contribution is 7.99. The highest BCUT2D eigenvalue weighted by Gasteiger charge is 2.20. The van der Waals surface area contributed by atoms with Crippen LogP contribution < -0.4 is 9.64 Å². The smallest absolute Gasteiger partial charge is 0.237 e. The van der Waals surface area contributed by atoms with Gasteiger partial charge in [0.1, 0.15) is 11.6 Å². The fraction of sp³-hybridized carbons (Fsp3) is 0.286. The van der Waals surface area contributed by atoms with E-state index in [0.717, 1.165) is 5.69 Å². The molecule has 29 heavy (non-hydrogen) atoms. The monoisotopic (exact) mass is 414 g/mol. The Kier molecular flexibility index (Phi) is 6.87. The lowest BCUT2D eigenvalue weighted by atomic mass is 10.3. The molecule has 0 aliphatic carbocycles. The van der Waals surface area contributed by atoms with Gasteiger partial charge in [-0.15, -0.1) is 10.2 Å². The molecule has 3 aromatic rings. The van der Waals surface area contributed by atoms with Crippen LogP contribution >= 0.6 is 11.8 Å². The first kappa shape index (κ1) is 20.9. The van der Waals surface area contributed by atoms with Crippen LogP contribution in [0.5, 0.6) is 5.75 Å².